The van der Waals surface area contributed by atoms with Crippen molar-refractivity contribution in [1.82, 2.24) is 5.32 Å². The van der Waals surface area contributed by atoms with Crippen LogP contribution in [0, 0.1) is 6.92 Å². The molecule has 1 amide bonds. The second-order valence-corrected chi connectivity index (χ2v) is 6.41. The molecule has 0 aliphatic carbocycles. The lowest BCUT2D eigenvalue weighted by atomic mass is 10.2. The van der Waals surface area contributed by atoms with Gasteiger partial charge in [0.05, 0.1) is 10.6 Å². The van der Waals surface area contributed by atoms with Crippen molar-refractivity contribution < 1.29 is 9.90 Å². The molecule has 0 unspecified atom stereocenters. The van der Waals surface area contributed by atoms with Crippen LogP contribution in [0.4, 0.5) is 5.69 Å². The number of nitrogens with zero attached hydrogens (tertiary/aromatic N) is 1. The molecule has 1 aliphatic rings. The molecule has 3 rings (SSSR count). The summed E-state index contributed by atoms with van der Waals surface area (Å²) in [5.41, 5.74) is 2.23. The summed E-state index contributed by atoms with van der Waals surface area (Å²) in [4.78, 5) is 16.9. The predicted molar refractivity (Wildman–Crippen MR) is 95.1 cm³/mol. The summed E-state index contributed by atoms with van der Waals surface area (Å²) in [6.07, 6.45) is 1.64. The molecule has 1 saturated heterocycles. The quantitative estimate of drug-likeness (QED) is 0.801. The Kier molecular flexibility index (Phi) is 4.41. The van der Waals surface area contributed by atoms with Crippen LogP contribution in [0.5, 0.6) is 5.75 Å². The van der Waals surface area contributed by atoms with E-state index in [9.17, 15) is 9.90 Å². The van der Waals surface area contributed by atoms with Crippen molar-refractivity contribution in [3.8, 4) is 5.75 Å². The molecule has 2 aromatic rings. The predicted octanol–water partition coefficient (Wildman–Crippen LogP) is 4.25. The third-order valence-corrected chi connectivity index (χ3v) is 4.58. The Balaban J connectivity index is 1.86. The Bertz CT molecular complexity index is 846. The molecule has 0 bridgehead atoms. The van der Waals surface area contributed by atoms with Crippen LogP contribution >= 0.6 is 23.4 Å². The Hall–Kier alpha value is -2.24. The van der Waals surface area contributed by atoms with Crippen LogP contribution in [0.1, 0.15) is 11.1 Å². The van der Waals surface area contributed by atoms with Crippen LogP contribution in [0.3, 0.4) is 0 Å². The number of amidine groups is 1. The molecule has 23 heavy (non-hydrogen) atoms. The monoisotopic (exact) mass is 344 g/mol. The lowest BCUT2D eigenvalue weighted by Gasteiger charge is -2.00. The van der Waals surface area contributed by atoms with Crippen LogP contribution < -0.4 is 5.32 Å². The van der Waals surface area contributed by atoms with Gasteiger partial charge in [0.2, 0.25) is 0 Å². The van der Waals surface area contributed by atoms with Crippen molar-refractivity contribution in [1.29, 1.82) is 0 Å². The average molecular weight is 345 g/mol. The highest BCUT2D eigenvalue weighted by atomic mass is 35.5. The molecular formula is C17H13ClN2O2S. The van der Waals surface area contributed by atoms with Gasteiger partial charge in [0.15, 0.2) is 5.17 Å². The molecule has 0 spiro atoms. The van der Waals surface area contributed by atoms with Crippen molar-refractivity contribution in [3.05, 3.63) is 63.5 Å². The van der Waals surface area contributed by atoms with Crippen LogP contribution in [0.25, 0.3) is 6.08 Å². The van der Waals surface area contributed by atoms with E-state index in [0.29, 0.717) is 26.3 Å². The Morgan fingerprint density at radius 3 is 2.78 bits per heavy atom. The van der Waals surface area contributed by atoms with E-state index in [1.54, 1.807) is 36.4 Å². The van der Waals surface area contributed by atoms with Crippen LogP contribution in [-0.2, 0) is 4.79 Å². The van der Waals surface area contributed by atoms with Gasteiger partial charge in [0.25, 0.3) is 5.91 Å². The van der Waals surface area contributed by atoms with Crippen LogP contribution in [0.2, 0.25) is 5.02 Å². The number of aliphatic imine (C=N–C) groups is 1. The third-order valence-electron chi connectivity index (χ3n) is 3.26. The number of halogens is 1. The Labute approximate surface area is 142 Å². The van der Waals surface area contributed by atoms with Crippen molar-refractivity contribution in [2.45, 2.75) is 6.92 Å². The molecule has 1 fully saturated rings. The number of aromatic hydroxyl groups is 1. The van der Waals surface area contributed by atoms with Gasteiger partial charge < -0.3 is 10.4 Å². The number of para-hydroxylation sites is 1. The number of hydrogen-bond acceptors (Lipinski definition) is 4. The number of benzene rings is 2. The second kappa shape index (κ2) is 6.48. The number of nitrogens with one attached hydrogen (secondary N) is 1. The van der Waals surface area contributed by atoms with Gasteiger partial charge in [0.1, 0.15) is 5.75 Å². The first-order chi connectivity index (χ1) is 11.0. The molecule has 2 N–H and O–H groups in total. The zero-order valence-corrected chi connectivity index (χ0v) is 13.8. The standard InChI is InChI=1S/C17H13ClN2O2S/c1-10-6-7-12(9-13(10)18)19-17-20-16(22)15(23-17)8-11-4-2-3-5-14(11)21/h2-9,21H,1H3,(H,19,20,22). The van der Waals surface area contributed by atoms with Gasteiger partial charge in [-0.2, -0.15) is 0 Å². The second-order valence-electron chi connectivity index (χ2n) is 4.97. The molecule has 0 radical (unpaired) electrons. The number of aryl methyl sites for hydroxylation is 1. The highest BCUT2D eigenvalue weighted by Gasteiger charge is 2.24. The fraction of sp³-hybridized carbons (Fsp3) is 0.0588. The number of hydrogen-bond donors (Lipinski definition) is 2. The van der Waals surface area contributed by atoms with Gasteiger partial charge in [-0.05, 0) is 48.5 Å². The summed E-state index contributed by atoms with van der Waals surface area (Å²) in [7, 11) is 0. The molecule has 0 aromatic heterocycles. The topological polar surface area (TPSA) is 61.7 Å². The van der Waals surface area contributed by atoms with E-state index >= 15 is 0 Å². The van der Waals surface area contributed by atoms with Gasteiger partial charge >= 0.3 is 0 Å². The minimum Gasteiger partial charge on any atom is -0.507 e. The minimum atomic E-state index is -0.241. The number of rotatable bonds is 2. The normalized spacial score (nSPS) is 17.7. The number of carbonyl (C=O) groups is 1. The van der Waals surface area contributed by atoms with E-state index in [0.717, 1.165) is 5.56 Å². The summed E-state index contributed by atoms with van der Waals surface area (Å²) in [6.45, 7) is 1.92. The van der Waals surface area contributed by atoms with Gasteiger partial charge in [-0.15, -0.1) is 0 Å². The van der Waals surface area contributed by atoms with Crippen molar-refractivity contribution in [3.63, 3.8) is 0 Å². The molecule has 116 valence electrons. The van der Waals surface area contributed by atoms with E-state index in [1.165, 1.54) is 11.8 Å². The van der Waals surface area contributed by atoms with Gasteiger partial charge in [-0.1, -0.05) is 35.9 Å². The number of phenols is 1. The fourth-order valence-electron chi connectivity index (χ4n) is 2.00. The number of amides is 1. The van der Waals surface area contributed by atoms with Crippen molar-refractivity contribution >= 4 is 46.2 Å². The largest absolute Gasteiger partial charge is 0.507 e. The lowest BCUT2D eigenvalue weighted by molar-refractivity contribution is -0.115. The summed E-state index contributed by atoms with van der Waals surface area (Å²) < 4.78 is 0. The SMILES string of the molecule is Cc1ccc(N=C2NC(=O)C(=Cc3ccccc3O)S2)cc1Cl. The molecule has 0 saturated carbocycles. The minimum absolute atomic E-state index is 0.129. The fourth-order valence-corrected chi connectivity index (χ4v) is 3.01. The van der Waals surface area contributed by atoms with Crippen LogP contribution in [-0.4, -0.2) is 16.2 Å². The first-order valence-electron chi connectivity index (χ1n) is 6.86. The van der Waals surface area contributed by atoms with Crippen LogP contribution in [0.15, 0.2) is 52.4 Å². The first kappa shape index (κ1) is 15.6. The molecule has 1 heterocycles. The van der Waals surface area contributed by atoms with E-state index in [4.69, 9.17) is 11.6 Å². The average Bonchev–Trinajstić information content (AvgIpc) is 2.85. The van der Waals surface area contributed by atoms with E-state index < -0.39 is 0 Å². The highest BCUT2D eigenvalue weighted by molar-refractivity contribution is 8.18. The first-order valence-corrected chi connectivity index (χ1v) is 8.06. The van der Waals surface area contributed by atoms with E-state index in [1.807, 2.05) is 19.1 Å². The zero-order valence-electron chi connectivity index (χ0n) is 12.2. The maximum absolute atomic E-state index is 12.0. The molecule has 4 nitrogen and oxygen atoms in total. The van der Waals surface area contributed by atoms with Crippen molar-refractivity contribution in [2.75, 3.05) is 0 Å². The molecule has 1 aliphatic heterocycles. The summed E-state index contributed by atoms with van der Waals surface area (Å²) in [6, 6.07) is 12.3. The Morgan fingerprint density at radius 2 is 2.04 bits per heavy atom. The highest BCUT2D eigenvalue weighted by Crippen LogP contribution is 2.31. The molecule has 6 heteroatoms. The molecule has 2 aromatic carbocycles. The van der Waals surface area contributed by atoms with Crippen molar-refractivity contribution in [2.24, 2.45) is 4.99 Å². The Morgan fingerprint density at radius 1 is 1.26 bits per heavy atom. The summed E-state index contributed by atoms with van der Waals surface area (Å²) >= 11 is 7.30. The lowest BCUT2D eigenvalue weighted by Crippen LogP contribution is -2.19. The summed E-state index contributed by atoms with van der Waals surface area (Å²) in [5.74, 6) is -0.112. The number of carbonyl (C=O) groups excluding carboxylic acids is 1. The van der Waals surface area contributed by atoms with Gasteiger partial charge in [-0.3, -0.25) is 4.79 Å². The summed E-state index contributed by atoms with van der Waals surface area (Å²) in [5, 5.41) is 13.6. The molecule has 0 atom stereocenters. The third kappa shape index (κ3) is 3.57. The maximum Gasteiger partial charge on any atom is 0.264 e. The van der Waals surface area contributed by atoms with E-state index in [2.05, 4.69) is 10.3 Å². The smallest absolute Gasteiger partial charge is 0.264 e. The van der Waals surface area contributed by atoms with Gasteiger partial charge in [-0.25, -0.2) is 4.99 Å². The molecular weight excluding hydrogens is 332 g/mol. The number of phenolic OH excluding ortho intramolecular Hbond substituents is 1. The zero-order chi connectivity index (χ0) is 16.4. The number of thioether (sulfide) groups is 1. The van der Waals surface area contributed by atoms with E-state index in [-0.39, 0.29) is 11.7 Å². The van der Waals surface area contributed by atoms with Gasteiger partial charge in [0, 0.05) is 10.6 Å². The maximum atomic E-state index is 12.0.